The van der Waals surface area contributed by atoms with E-state index in [2.05, 4.69) is 122 Å². The number of phenols is 5. The van der Waals surface area contributed by atoms with Crippen molar-refractivity contribution in [2.45, 2.75) is 78.6 Å². The number of aromatic hydroxyl groups is 5. The van der Waals surface area contributed by atoms with Crippen LogP contribution in [0.1, 0.15) is 79.0 Å². The van der Waals surface area contributed by atoms with Gasteiger partial charge in [0.25, 0.3) is 0 Å². The predicted molar refractivity (Wildman–Crippen MR) is 227 cm³/mol. The first-order valence-electron chi connectivity index (χ1n) is 18.4. The average molecular weight is 756 g/mol. The monoisotopic (exact) mass is 755 g/mol. The van der Waals surface area contributed by atoms with Gasteiger partial charge in [-0.15, -0.1) is 0 Å². The van der Waals surface area contributed by atoms with E-state index in [0.29, 0.717) is 16.3 Å². The molecule has 5 N–H and O–H groups in total. The van der Waals surface area contributed by atoms with Crippen LogP contribution in [0.15, 0.2) is 109 Å². The molecule has 0 aliphatic carbocycles. The number of nitrogens with zero attached hydrogens (tertiary/aromatic N) is 1. The molecule has 0 fully saturated rings. The number of hydrogen-bond acceptors (Lipinski definition) is 6. The molecule has 0 saturated carbocycles. The lowest BCUT2D eigenvalue weighted by atomic mass is 9.84. The van der Waals surface area contributed by atoms with Crippen LogP contribution in [-0.4, -0.2) is 25.5 Å². The highest BCUT2D eigenvalue weighted by Gasteiger charge is 2.29. The Balaban J connectivity index is 1.75. The van der Waals surface area contributed by atoms with Gasteiger partial charge in [0, 0.05) is 16.8 Å². The normalized spacial score (nSPS) is 12.2. The number of rotatable bonds is 6. The topological polar surface area (TPSA) is 104 Å². The Morgan fingerprint density at radius 3 is 1.38 bits per heavy atom. The summed E-state index contributed by atoms with van der Waals surface area (Å²) in [5.74, 6) is -4.54. The lowest BCUT2D eigenvalue weighted by Gasteiger charge is -2.32. The summed E-state index contributed by atoms with van der Waals surface area (Å²) in [6.45, 7) is 19.5. The highest BCUT2D eigenvalue weighted by atomic mass is 35.5. The summed E-state index contributed by atoms with van der Waals surface area (Å²) in [6, 6.07) is 36.4. The molecular formula is C48H50ClNO5. The van der Waals surface area contributed by atoms with Gasteiger partial charge >= 0.3 is 0 Å². The van der Waals surface area contributed by atoms with Gasteiger partial charge in [0.15, 0.2) is 11.5 Å². The van der Waals surface area contributed by atoms with Crippen LogP contribution >= 0.6 is 11.6 Å². The molecule has 0 amide bonds. The third-order valence-corrected chi connectivity index (χ3v) is 10.6. The Morgan fingerprint density at radius 2 is 0.873 bits per heavy atom. The molecular weight excluding hydrogens is 706 g/mol. The summed E-state index contributed by atoms with van der Waals surface area (Å²) in [5.41, 5.74) is 8.43. The van der Waals surface area contributed by atoms with E-state index in [-0.39, 0.29) is 27.4 Å². The zero-order valence-corrected chi connectivity index (χ0v) is 33.7. The molecule has 284 valence electrons. The van der Waals surface area contributed by atoms with Gasteiger partial charge in [-0.1, -0.05) is 147 Å². The van der Waals surface area contributed by atoms with E-state index < -0.39 is 28.7 Å². The first-order valence-corrected chi connectivity index (χ1v) is 18.8. The van der Waals surface area contributed by atoms with Crippen LogP contribution in [0.25, 0.3) is 33.4 Å². The SMILES string of the molecule is CC(C)(C)c1ccc(-c2cc(-c3c(O)c(O)c(O)c(O)c3O)cc(N(c3ccc(C(C)(C)C)cc3)c3ccc(C(C)(C)C)cc3-c3ccccc3)c2Cl)cc1. The van der Waals surface area contributed by atoms with Crippen molar-refractivity contribution >= 4 is 28.7 Å². The molecule has 0 unspecified atom stereocenters. The number of benzene rings is 6. The second kappa shape index (κ2) is 14.2. The second-order valence-electron chi connectivity index (χ2n) is 17.3. The molecule has 0 atom stereocenters. The minimum atomic E-state index is -1.03. The van der Waals surface area contributed by atoms with Gasteiger partial charge in [0.1, 0.15) is 0 Å². The lowest BCUT2D eigenvalue weighted by molar-refractivity contribution is 0.330. The minimum Gasteiger partial charge on any atom is -0.504 e. The van der Waals surface area contributed by atoms with E-state index in [0.717, 1.165) is 44.8 Å². The Labute approximate surface area is 329 Å². The molecule has 0 radical (unpaired) electrons. The van der Waals surface area contributed by atoms with E-state index >= 15 is 0 Å². The fourth-order valence-corrected chi connectivity index (χ4v) is 7.10. The van der Waals surface area contributed by atoms with Crippen molar-refractivity contribution in [1.29, 1.82) is 0 Å². The van der Waals surface area contributed by atoms with Gasteiger partial charge in [-0.2, -0.15) is 0 Å². The molecule has 0 heterocycles. The maximum Gasteiger partial charge on any atom is 0.208 e. The van der Waals surface area contributed by atoms with Gasteiger partial charge in [-0.05, 0) is 86.0 Å². The fraction of sp³-hybridized carbons (Fsp3) is 0.250. The largest absolute Gasteiger partial charge is 0.504 e. The van der Waals surface area contributed by atoms with Crippen LogP contribution in [0, 0.1) is 0 Å². The standard InChI is InChI=1S/C48H50ClNO5/c1-46(2,3)31-17-15-29(16-18-31)36-25-30(39-41(51)43(53)45(55)44(54)42(39)52)26-38(40(36)49)50(34-22-19-32(20-23-34)47(4,5)6)37-24-21-33(48(7,8)9)27-35(37)28-13-11-10-12-14-28/h10-27,51-55H,1-9H3. The van der Waals surface area contributed by atoms with Crippen molar-refractivity contribution in [1.82, 2.24) is 0 Å². The summed E-state index contributed by atoms with van der Waals surface area (Å²) in [6.07, 6.45) is 0. The van der Waals surface area contributed by atoms with Gasteiger partial charge in [0.05, 0.1) is 22.0 Å². The van der Waals surface area contributed by atoms with Crippen LogP contribution in [0.5, 0.6) is 28.7 Å². The smallest absolute Gasteiger partial charge is 0.208 e. The molecule has 0 bridgehead atoms. The molecule has 0 aliphatic rings. The quantitative estimate of drug-likeness (QED) is 0.0856. The minimum absolute atomic E-state index is 0.100. The average Bonchev–Trinajstić information content (AvgIpc) is 3.14. The van der Waals surface area contributed by atoms with Crippen molar-refractivity contribution in [3.05, 3.63) is 131 Å². The summed E-state index contributed by atoms with van der Waals surface area (Å²) in [7, 11) is 0. The number of halogens is 1. The van der Waals surface area contributed by atoms with Crippen molar-refractivity contribution in [2.75, 3.05) is 4.90 Å². The second-order valence-corrected chi connectivity index (χ2v) is 17.7. The van der Waals surface area contributed by atoms with Crippen LogP contribution in [0.2, 0.25) is 5.02 Å². The maximum atomic E-state index is 11.2. The van der Waals surface area contributed by atoms with E-state index in [1.54, 1.807) is 12.1 Å². The lowest BCUT2D eigenvalue weighted by Crippen LogP contribution is -2.16. The Hall–Kier alpha value is -5.59. The predicted octanol–water partition coefficient (Wildman–Crippen LogP) is 13.2. The molecule has 6 rings (SSSR count). The van der Waals surface area contributed by atoms with E-state index in [1.165, 1.54) is 0 Å². The van der Waals surface area contributed by atoms with Crippen LogP contribution in [0.4, 0.5) is 17.1 Å². The Morgan fingerprint density at radius 1 is 0.418 bits per heavy atom. The molecule has 0 spiro atoms. The zero-order chi connectivity index (χ0) is 40.2. The van der Waals surface area contributed by atoms with Crippen molar-refractivity contribution in [3.8, 4) is 62.1 Å². The van der Waals surface area contributed by atoms with Crippen molar-refractivity contribution < 1.29 is 25.5 Å². The molecule has 7 heteroatoms. The summed E-state index contributed by atoms with van der Waals surface area (Å²) >= 11 is 7.59. The summed E-state index contributed by atoms with van der Waals surface area (Å²) in [4.78, 5) is 2.06. The Kier molecular flexibility index (Phi) is 10.1. The van der Waals surface area contributed by atoms with Crippen LogP contribution in [-0.2, 0) is 16.2 Å². The third kappa shape index (κ3) is 7.56. The number of anilines is 3. The third-order valence-electron chi connectivity index (χ3n) is 10.2. The summed E-state index contributed by atoms with van der Waals surface area (Å²) < 4.78 is 0. The Bertz CT molecular complexity index is 2330. The molecule has 6 nitrogen and oxygen atoms in total. The van der Waals surface area contributed by atoms with Crippen LogP contribution in [0.3, 0.4) is 0 Å². The first-order chi connectivity index (χ1) is 25.7. The van der Waals surface area contributed by atoms with E-state index in [4.69, 9.17) is 11.6 Å². The van der Waals surface area contributed by atoms with Gasteiger partial charge in [-0.25, -0.2) is 0 Å². The van der Waals surface area contributed by atoms with Gasteiger partial charge in [0.2, 0.25) is 17.2 Å². The number of hydrogen-bond donors (Lipinski definition) is 5. The van der Waals surface area contributed by atoms with Crippen LogP contribution < -0.4 is 4.90 Å². The molecule has 55 heavy (non-hydrogen) atoms. The van der Waals surface area contributed by atoms with Gasteiger partial charge in [-0.3, -0.25) is 0 Å². The molecule has 0 aliphatic heterocycles. The van der Waals surface area contributed by atoms with Crippen molar-refractivity contribution in [3.63, 3.8) is 0 Å². The van der Waals surface area contributed by atoms with E-state index in [9.17, 15) is 25.5 Å². The van der Waals surface area contributed by atoms with Gasteiger partial charge < -0.3 is 30.4 Å². The molecule has 0 aromatic heterocycles. The molecule has 6 aromatic rings. The highest BCUT2D eigenvalue weighted by molar-refractivity contribution is 6.36. The van der Waals surface area contributed by atoms with Crippen molar-refractivity contribution in [2.24, 2.45) is 0 Å². The number of phenolic OH excluding ortho intramolecular Hbond substituents is 5. The maximum absolute atomic E-state index is 11.2. The molecule has 0 saturated heterocycles. The summed E-state index contributed by atoms with van der Waals surface area (Å²) in [5, 5.41) is 54.5. The van der Waals surface area contributed by atoms with E-state index in [1.807, 2.05) is 42.5 Å². The molecule has 6 aromatic carbocycles. The first kappa shape index (κ1) is 39.1. The highest BCUT2D eigenvalue weighted by Crippen LogP contribution is 2.57. The zero-order valence-electron chi connectivity index (χ0n) is 33.0. The fourth-order valence-electron chi connectivity index (χ4n) is 6.80.